The normalized spacial score (nSPS) is 13.9. The first-order valence-corrected chi connectivity index (χ1v) is 15.0. The largest absolute Gasteiger partial charge is 0.331 e. The maximum absolute atomic E-state index is 4.09. The van der Waals surface area contributed by atoms with Gasteiger partial charge in [-0.2, -0.15) is 0 Å². The molecule has 2 heteroatoms. The molecule has 3 rings (SSSR count). The molecule has 1 unspecified atom stereocenters. The average Bonchev–Trinajstić information content (AvgIpc) is 3.08. The molecule has 0 amide bonds. The zero-order valence-electron chi connectivity index (χ0n) is 19.2. The molecule has 0 bridgehead atoms. The van der Waals surface area contributed by atoms with Crippen LogP contribution >= 0.6 is 0 Å². The smallest absolute Gasteiger partial charge is 0.152 e. The molecular formula is C27H41NSi. The van der Waals surface area contributed by atoms with Gasteiger partial charge in [-0.25, -0.2) is 0 Å². The minimum absolute atomic E-state index is 0.608. The van der Waals surface area contributed by atoms with Crippen molar-refractivity contribution in [3.63, 3.8) is 0 Å². The van der Waals surface area contributed by atoms with Crippen LogP contribution in [0, 0.1) is 0 Å². The van der Waals surface area contributed by atoms with Crippen LogP contribution in [0.3, 0.4) is 0 Å². The Morgan fingerprint density at radius 3 is 2.24 bits per heavy atom. The van der Waals surface area contributed by atoms with E-state index >= 15 is 0 Å². The zero-order valence-corrected chi connectivity index (χ0v) is 20.2. The van der Waals surface area contributed by atoms with E-state index in [2.05, 4.69) is 74.4 Å². The molecule has 0 fully saturated rings. The number of nitrogens with one attached hydrogen (secondary N) is 1. The van der Waals surface area contributed by atoms with E-state index in [1.54, 1.807) is 10.8 Å². The predicted molar refractivity (Wildman–Crippen MR) is 132 cm³/mol. The van der Waals surface area contributed by atoms with Crippen LogP contribution in [-0.4, -0.2) is 14.3 Å². The van der Waals surface area contributed by atoms with Gasteiger partial charge in [0.25, 0.3) is 0 Å². The molecule has 2 aromatic carbocycles. The lowest BCUT2D eigenvalue weighted by Crippen LogP contribution is -2.59. The summed E-state index contributed by atoms with van der Waals surface area (Å²) in [6.07, 6.45) is 13.6. The van der Waals surface area contributed by atoms with E-state index in [-0.39, 0.29) is 0 Å². The highest BCUT2D eigenvalue weighted by atomic mass is 28.3. The third-order valence-corrected chi connectivity index (χ3v) is 9.65. The molecule has 0 aliphatic heterocycles. The minimum atomic E-state index is -1.68. The van der Waals surface area contributed by atoms with Gasteiger partial charge in [-0.05, 0) is 46.3 Å². The number of benzene rings is 2. The molecule has 1 atom stereocenters. The van der Waals surface area contributed by atoms with Gasteiger partial charge in [0.05, 0.1) is 0 Å². The van der Waals surface area contributed by atoms with Crippen LogP contribution < -0.4 is 10.2 Å². The Labute approximate surface area is 180 Å². The first-order chi connectivity index (χ1) is 14.0. The van der Waals surface area contributed by atoms with Crippen molar-refractivity contribution >= 4 is 13.4 Å². The molecule has 1 nitrogen and oxygen atoms in total. The van der Waals surface area contributed by atoms with E-state index < -0.39 is 8.24 Å². The van der Waals surface area contributed by atoms with Crippen LogP contribution in [0.4, 0.5) is 0 Å². The Morgan fingerprint density at radius 2 is 1.48 bits per heavy atom. The van der Waals surface area contributed by atoms with Crippen LogP contribution in [0.5, 0.6) is 0 Å². The van der Waals surface area contributed by atoms with Crippen molar-refractivity contribution in [3.8, 4) is 11.1 Å². The van der Waals surface area contributed by atoms with Gasteiger partial charge in [0.15, 0.2) is 8.24 Å². The third kappa shape index (κ3) is 5.83. The predicted octanol–water partition coefficient (Wildman–Crippen LogP) is 7.18. The highest BCUT2D eigenvalue weighted by Gasteiger charge is 2.31. The van der Waals surface area contributed by atoms with Crippen molar-refractivity contribution in [2.24, 2.45) is 0 Å². The molecule has 0 radical (unpaired) electrons. The number of unbranched alkanes of at least 4 members (excludes halogenated alkanes) is 7. The number of hydrogen-bond donors (Lipinski definition) is 1. The van der Waals surface area contributed by atoms with E-state index in [9.17, 15) is 0 Å². The molecule has 29 heavy (non-hydrogen) atoms. The highest BCUT2D eigenvalue weighted by molar-refractivity contribution is 6.88. The number of rotatable bonds is 12. The molecule has 158 valence electrons. The Balaban J connectivity index is 1.52. The van der Waals surface area contributed by atoms with Gasteiger partial charge in [-0.1, -0.05) is 121 Å². The quantitative estimate of drug-likeness (QED) is 0.248. The molecule has 0 heterocycles. The molecule has 0 saturated heterocycles. The molecule has 1 N–H and O–H groups in total. The van der Waals surface area contributed by atoms with Gasteiger partial charge in [0.1, 0.15) is 0 Å². The average molecular weight is 408 g/mol. The van der Waals surface area contributed by atoms with Crippen molar-refractivity contribution < 1.29 is 0 Å². The maximum atomic E-state index is 4.09. The van der Waals surface area contributed by atoms with Crippen molar-refractivity contribution in [3.05, 3.63) is 53.6 Å². The summed E-state index contributed by atoms with van der Waals surface area (Å²) in [5.41, 5.74) is 5.99. The third-order valence-electron chi connectivity index (χ3n) is 6.62. The summed E-state index contributed by atoms with van der Waals surface area (Å²) in [5.74, 6) is 0. The van der Waals surface area contributed by atoms with E-state index in [4.69, 9.17) is 0 Å². The van der Waals surface area contributed by atoms with Gasteiger partial charge in [-0.3, -0.25) is 0 Å². The summed E-state index contributed by atoms with van der Waals surface area (Å²) in [5, 5.41) is 1.61. The van der Waals surface area contributed by atoms with Crippen molar-refractivity contribution in [1.29, 1.82) is 0 Å². The lowest BCUT2D eigenvalue weighted by atomic mass is 10.1. The Kier molecular flexibility index (Phi) is 8.14. The molecular weight excluding hydrogens is 366 g/mol. The second kappa shape index (κ2) is 10.6. The summed E-state index contributed by atoms with van der Waals surface area (Å²) in [6.45, 7) is 9.68. The lowest BCUT2D eigenvalue weighted by molar-refractivity contribution is 0.524. The number of hydrogen-bond acceptors (Lipinski definition) is 1. The fraction of sp³-hybridized carbons (Fsp3) is 0.556. The minimum Gasteiger partial charge on any atom is -0.331 e. The first-order valence-electron chi connectivity index (χ1n) is 12.0. The zero-order chi connectivity index (χ0) is 20.7. The van der Waals surface area contributed by atoms with E-state index in [1.807, 2.05) is 0 Å². The van der Waals surface area contributed by atoms with Crippen molar-refractivity contribution in [2.45, 2.75) is 97.2 Å². The Bertz CT molecular complexity index is 780. The van der Waals surface area contributed by atoms with Crippen LogP contribution in [0.25, 0.3) is 11.1 Å². The fourth-order valence-corrected chi connectivity index (χ4v) is 8.12. The highest BCUT2D eigenvalue weighted by Crippen LogP contribution is 2.35. The Hall–Kier alpha value is -1.38. The van der Waals surface area contributed by atoms with Crippen LogP contribution in [-0.2, 0) is 6.42 Å². The standard InChI is InChI=1S/C27H41NSi/c1-5-6-7-8-9-10-11-12-16-22(2)28-29(3,4)27-20-15-19-25-24-18-14-13-17-23(24)21-26(25)27/h13-15,17-20,22,28H,5-12,16,21H2,1-4H3. The van der Waals surface area contributed by atoms with Crippen LogP contribution in [0.1, 0.15) is 82.8 Å². The fourth-order valence-electron chi connectivity index (χ4n) is 5.09. The van der Waals surface area contributed by atoms with E-state index in [1.165, 1.54) is 74.5 Å². The Morgan fingerprint density at radius 1 is 0.828 bits per heavy atom. The molecule has 0 spiro atoms. The molecule has 2 aromatic rings. The monoisotopic (exact) mass is 407 g/mol. The summed E-state index contributed by atoms with van der Waals surface area (Å²) in [7, 11) is -1.68. The van der Waals surface area contributed by atoms with Gasteiger partial charge in [0, 0.05) is 0 Å². The second-order valence-corrected chi connectivity index (χ2v) is 13.7. The van der Waals surface area contributed by atoms with Crippen LogP contribution in [0.2, 0.25) is 13.1 Å². The summed E-state index contributed by atoms with van der Waals surface area (Å²) >= 11 is 0. The second-order valence-electron chi connectivity index (χ2n) is 9.60. The van der Waals surface area contributed by atoms with Gasteiger partial charge in [0.2, 0.25) is 0 Å². The summed E-state index contributed by atoms with van der Waals surface area (Å²) in [6, 6.07) is 16.5. The molecule has 0 saturated carbocycles. The first kappa shape index (κ1) is 22.3. The maximum Gasteiger partial charge on any atom is 0.152 e. The number of fused-ring (bicyclic) bond motifs is 3. The van der Waals surface area contributed by atoms with Crippen molar-refractivity contribution in [1.82, 2.24) is 4.98 Å². The van der Waals surface area contributed by atoms with Gasteiger partial charge >= 0.3 is 0 Å². The molecule has 0 aromatic heterocycles. The lowest BCUT2D eigenvalue weighted by Gasteiger charge is -2.31. The summed E-state index contributed by atoms with van der Waals surface area (Å²) in [4.78, 5) is 4.09. The van der Waals surface area contributed by atoms with Gasteiger partial charge in [-0.15, -0.1) is 0 Å². The van der Waals surface area contributed by atoms with E-state index in [0.29, 0.717) is 6.04 Å². The van der Waals surface area contributed by atoms with Crippen molar-refractivity contribution in [2.75, 3.05) is 0 Å². The topological polar surface area (TPSA) is 12.0 Å². The van der Waals surface area contributed by atoms with Crippen LogP contribution in [0.15, 0.2) is 42.5 Å². The molecule has 1 aliphatic rings. The summed E-state index contributed by atoms with van der Waals surface area (Å²) < 4.78 is 0. The van der Waals surface area contributed by atoms with E-state index in [0.717, 1.165) is 6.42 Å². The molecule has 1 aliphatic carbocycles. The van der Waals surface area contributed by atoms with Gasteiger partial charge < -0.3 is 4.98 Å². The SMILES string of the molecule is CCCCCCCCCCC(C)N[Si](C)(C)c1cccc2c1Cc1ccccc1-2.